The molecule has 1 atom stereocenters. The molecule has 0 saturated heterocycles. The molecule has 1 unspecified atom stereocenters. The Morgan fingerprint density at radius 2 is 2.10 bits per heavy atom. The lowest BCUT2D eigenvalue weighted by molar-refractivity contribution is -0.0847. The zero-order valence-electron chi connectivity index (χ0n) is 12.9. The third kappa shape index (κ3) is 3.20. The van der Waals surface area contributed by atoms with Crippen LogP contribution in [0, 0.1) is 5.92 Å². The zero-order chi connectivity index (χ0) is 14.6. The van der Waals surface area contributed by atoms with E-state index in [-0.39, 0.29) is 11.6 Å². The van der Waals surface area contributed by atoms with Gasteiger partial charge in [-0.25, -0.2) is 0 Å². The molecule has 0 radical (unpaired) electrons. The molecule has 1 fully saturated rings. The third-order valence-corrected chi connectivity index (χ3v) is 4.27. The summed E-state index contributed by atoms with van der Waals surface area (Å²) >= 11 is 0. The van der Waals surface area contributed by atoms with Crippen molar-refractivity contribution in [2.75, 3.05) is 6.61 Å². The average molecular weight is 281 g/mol. The van der Waals surface area contributed by atoms with Gasteiger partial charge < -0.3 is 15.0 Å². The molecule has 1 aliphatic rings. The first-order chi connectivity index (χ1) is 9.61. The van der Waals surface area contributed by atoms with Crippen LogP contribution < -0.4 is 5.73 Å². The first-order valence-electron chi connectivity index (χ1n) is 7.85. The van der Waals surface area contributed by atoms with Gasteiger partial charge in [-0.1, -0.05) is 25.4 Å². The van der Waals surface area contributed by atoms with Gasteiger partial charge in [-0.3, -0.25) is 0 Å². The first kappa shape index (κ1) is 15.4. The summed E-state index contributed by atoms with van der Waals surface area (Å²) in [5, 5.41) is 4.17. The quantitative estimate of drug-likeness (QED) is 0.865. The minimum absolute atomic E-state index is 0.164. The van der Waals surface area contributed by atoms with Crippen molar-refractivity contribution in [1.29, 1.82) is 0 Å². The Balaban J connectivity index is 2.17. The molecule has 0 spiro atoms. The van der Waals surface area contributed by atoms with E-state index in [2.05, 4.69) is 24.0 Å². The van der Waals surface area contributed by atoms with E-state index in [1.165, 1.54) is 0 Å². The minimum Gasteiger partial charge on any atom is -0.367 e. The van der Waals surface area contributed by atoms with Crippen LogP contribution in [-0.2, 0) is 10.3 Å². The Morgan fingerprint density at radius 3 is 2.70 bits per heavy atom. The standard InChI is InChI=1S/C15H27N3O2/c1-4-6-12(16)13-17-14(18-20-13)15(19-5-2)9-7-11(3)8-10-15/h11-12H,4-10,16H2,1-3H3. The molecule has 1 aliphatic carbocycles. The summed E-state index contributed by atoms with van der Waals surface area (Å²) in [6, 6.07) is -0.164. The van der Waals surface area contributed by atoms with Crippen LogP contribution in [0.25, 0.3) is 0 Å². The van der Waals surface area contributed by atoms with Crippen molar-refractivity contribution in [3.05, 3.63) is 11.7 Å². The lowest BCUT2D eigenvalue weighted by atomic mass is 9.79. The van der Waals surface area contributed by atoms with Gasteiger partial charge in [0.2, 0.25) is 11.7 Å². The molecule has 0 aromatic carbocycles. The van der Waals surface area contributed by atoms with Crippen molar-refractivity contribution in [3.63, 3.8) is 0 Å². The first-order valence-corrected chi connectivity index (χ1v) is 7.85. The van der Waals surface area contributed by atoms with Crippen LogP contribution in [-0.4, -0.2) is 16.7 Å². The molecule has 2 N–H and O–H groups in total. The minimum atomic E-state index is -0.366. The normalized spacial score (nSPS) is 28.5. The highest BCUT2D eigenvalue weighted by Gasteiger charge is 2.41. The second-order valence-electron chi connectivity index (χ2n) is 5.96. The van der Waals surface area contributed by atoms with Gasteiger partial charge in [0.15, 0.2) is 0 Å². The van der Waals surface area contributed by atoms with Gasteiger partial charge in [0, 0.05) is 6.61 Å². The molecule has 1 aromatic heterocycles. The number of nitrogens with zero attached hydrogens (tertiary/aromatic N) is 2. The van der Waals surface area contributed by atoms with Crippen molar-refractivity contribution >= 4 is 0 Å². The fourth-order valence-corrected chi connectivity index (χ4v) is 2.94. The van der Waals surface area contributed by atoms with Crippen LogP contribution in [0.2, 0.25) is 0 Å². The predicted molar refractivity (Wildman–Crippen MR) is 77.1 cm³/mol. The van der Waals surface area contributed by atoms with Gasteiger partial charge in [-0.05, 0) is 44.9 Å². The highest BCUT2D eigenvalue weighted by atomic mass is 16.5. The molecule has 0 bridgehead atoms. The largest absolute Gasteiger partial charge is 0.367 e. The Bertz CT molecular complexity index is 411. The Morgan fingerprint density at radius 1 is 1.40 bits per heavy atom. The van der Waals surface area contributed by atoms with E-state index >= 15 is 0 Å². The fraction of sp³-hybridized carbons (Fsp3) is 0.867. The van der Waals surface area contributed by atoms with Gasteiger partial charge in [0.1, 0.15) is 5.60 Å². The van der Waals surface area contributed by atoms with Gasteiger partial charge in [0.25, 0.3) is 0 Å². The van der Waals surface area contributed by atoms with Crippen molar-refractivity contribution in [3.8, 4) is 0 Å². The number of aromatic nitrogens is 2. The second kappa shape index (κ2) is 6.68. The predicted octanol–water partition coefficient (Wildman–Crippen LogP) is 3.31. The smallest absolute Gasteiger partial charge is 0.243 e. The maximum Gasteiger partial charge on any atom is 0.243 e. The van der Waals surface area contributed by atoms with Crippen molar-refractivity contribution < 1.29 is 9.26 Å². The van der Waals surface area contributed by atoms with E-state index in [0.717, 1.165) is 44.4 Å². The Kier molecular flexibility index (Phi) is 5.16. The molecule has 1 heterocycles. The Labute approximate surface area is 121 Å². The summed E-state index contributed by atoms with van der Waals surface area (Å²) in [7, 11) is 0. The number of ether oxygens (including phenoxy) is 1. The molecule has 2 rings (SSSR count). The molecule has 0 aliphatic heterocycles. The second-order valence-corrected chi connectivity index (χ2v) is 5.96. The number of nitrogens with two attached hydrogens (primary N) is 1. The number of hydrogen-bond acceptors (Lipinski definition) is 5. The molecule has 1 aromatic rings. The molecular formula is C15H27N3O2. The van der Waals surface area contributed by atoms with Crippen molar-refractivity contribution in [2.45, 2.75) is 70.9 Å². The number of hydrogen-bond donors (Lipinski definition) is 1. The fourth-order valence-electron chi connectivity index (χ4n) is 2.94. The molecule has 20 heavy (non-hydrogen) atoms. The molecular weight excluding hydrogens is 254 g/mol. The van der Waals surface area contributed by atoms with E-state index < -0.39 is 0 Å². The van der Waals surface area contributed by atoms with E-state index in [1.54, 1.807) is 0 Å². The van der Waals surface area contributed by atoms with Crippen LogP contribution in [0.15, 0.2) is 4.52 Å². The number of rotatable bonds is 6. The molecule has 114 valence electrons. The van der Waals surface area contributed by atoms with Crippen LogP contribution in [0.4, 0.5) is 0 Å². The van der Waals surface area contributed by atoms with Crippen molar-refractivity contribution in [1.82, 2.24) is 10.1 Å². The van der Waals surface area contributed by atoms with Gasteiger partial charge in [0.05, 0.1) is 6.04 Å². The van der Waals surface area contributed by atoms with Crippen LogP contribution in [0.5, 0.6) is 0 Å². The maximum absolute atomic E-state index is 6.05. The lowest BCUT2D eigenvalue weighted by Crippen LogP contribution is -2.35. The van der Waals surface area contributed by atoms with Gasteiger partial charge in [-0.2, -0.15) is 4.98 Å². The molecule has 1 saturated carbocycles. The summed E-state index contributed by atoms with van der Waals surface area (Å²) in [5.74, 6) is 1.98. The monoisotopic (exact) mass is 281 g/mol. The van der Waals surface area contributed by atoms with Crippen LogP contribution in [0.3, 0.4) is 0 Å². The van der Waals surface area contributed by atoms with Crippen LogP contribution >= 0.6 is 0 Å². The lowest BCUT2D eigenvalue weighted by Gasteiger charge is -2.36. The van der Waals surface area contributed by atoms with E-state index in [4.69, 9.17) is 15.0 Å². The maximum atomic E-state index is 6.05. The topological polar surface area (TPSA) is 74.2 Å². The highest BCUT2D eigenvalue weighted by molar-refractivity contribution is 5.05. The Hall–Kier alpha value is -0.940. The zero-order valence-corrected chi connectivity index (χ0v) is 12.9. The summed E-state index contributed by atoms with van der Waals surface area (Å²) in [6.45, 7) is 7.07. The van der Waals surface area contributed by atoms with Gasteiger partial charge >= 0.3 is 0 Å². The SMILES string of the molecule is CCCC(N)c1nc(C2(OCC)CCC(C)CC2)no1. The summed E-state index contributed by atoms with van der Waals surface area (Å²) in [6.07, 6.45) is 6.08. The summed E-state index contributed by atoms with van der Waals surface area (Å²) < 4.78 is 11.4. The molecule has 0 amide bonds. The van der Waals surface area contributed by atoms with E-state index in [1.807, 2.05) is 6.92 Å². The third-order valence-electron chi connectivity index (χ3n) is 4.27. The van der Waals surface area contributed by atoms with E-state index in [9.17, 15) is 0 Å². The highest BCUT2D eigenvalue weighted by Crippen LogP contribution is 2.41. The molecule has 5 nitrogen and oxygen atoms in total. The summed E-state index contributed by atoms with van der Waals surface area (Å²) in [5.41, 5.74) is 5.68. The molecule has 5 heteroatoms. The van der Waals surface area contributed by atoms with Crippen molar-refractivity contribution in [2.24, 2.45) is 11.7 Å². The van der Waals surface area contributed by atoms with Gasteiger partial charge in [-0.15, -0.1) is 0 Å². The van der Waals surface area contributed by atoms with E-state index in [0.29, 0.717) is 18.3 Å². The average Bonchev–Trinajstić information content (AvgIpc) is 2.92. The summed E-state index contributed by atoms with van der Waals surface area (Å²) in [4.78, 5) is 4.54. The van der Waals surface area contributed by atoms with Crippen LogP contribution in [0.1, 0.15) is 77.1 Å².